The van der Waals surface area contributed by atoms with Gasteiger partial charge in [0.05, 0.1) is 12.2 Å². The number of ether oxygens (including phenoxy) is 1. The predicted molar refractivity (Wildman–Crippen MR) is 130 cm³/mol. The van der Waals surface area contributed by atoms with Crippen molar-refractivity contribution in [1.29, 1.82) is 0 Å². The van der Waals surface area contributed by atoms with Crippen LogP contribution in [0.4, 0.5) is 5.69 Å². The third-order valence-electron chi connectivity index (χ3n) is 5.03. The highest BCUT2D eigenvalue weighted by Crippen LogP contribution is 2.44. The Morgan fingerprint density at radius 2 is 1.91 bits per heavy atom. The van der Waals surface area contributed by atoms with Crippen molar-refractivity contribution in [2.45, 2.75) is 19.9 Å². The fraction of sp³-hybridized carbons (Fsp3) is 0.200. The van der Waals surface area contributed by atoms with Crippen molar-refractivity contribution in [3.8, 4) is 5.75 Å². The largest absolute Gasteiger partial charge is 0.507 e. The number of halogens is 1. The van der Waals surface area contributed by atoms with Crippen LogP contribution in [0.15, 0.2) is 76.1 Å². The topological polar surface area (TPSA) is 66.8 Å². The molecule has 7 heteroatoms. The number of amides is 1. The summed E-state index contributed by atoms with van der Waals surface area (Å²) in [7, 11) is 0. The predicted octanol–water partition coefficient (Wildman–Crippen LogP) is 6.17. The number of carbonyl (C=O) groups excluding carboxylic acids is 2. The normalized spacial score (nSPS) is 17.9. The first-order valence-electron chi connectivity index (χ1n) is 10.2. The van der Waals surface area contributed by atoms with Gasteiger partial charge in [0.2, 0.25) is 0 Å². The van der Waals surface area contributed by atoms with E-state index in [0.717, 1.165) is 9.35 Å². The number of aliphatic hydroxyl groups excluding tert-OH is 1. The molecule has 3 aromatic rings. The minimum Gasteiger partial charge on any atom is -0.507 e. The Balaban J connectivity index is 1.83. The Labute approximate surface area is 199 Å². The third-order valence-corrected chi connectivity index (χ3v) is 6.45. The average Bonchev–Trinajstić information content (AvgIpc) is 3.39. The summed E-state index contributed by atoms with van der Waals surface area (Å²) in [6.45, 7) is 4.63. The van der Waals surface area contributed by atoms with E-state index in [1.165, 1.54) is 16.2 Å². The van der Waals surface area contributed by atoms with E-state index < -0.39 is 17.7 Å². The zero-order chi connectivity index (χ0) is 22.8. The van der Waals surface area contributed by atoms with Gasteiger partial charge < -0.3 is 9.84 Å². The van der Waals surface area contributed by atoms with E-state index in [0.29, 0.717) is 29.5 Å². The molecule has 1 aliphatic heterocycles. The third kappa shape index (κ3) is 4.36. The van der Waals surface area contributed by atoms with Crippen LogP contribution in [-0.2, 0) is 9.59 Å². The van der Waals surface area contributed by atoms with E-state index in [1.54, 1.807) is 42.5 Å². The van der Waals surface area contributed by atoms with Crippen molar-refractivity contribution in [2.24, 2.45) is 5.92 Å². The van der Waals surface area contributed by atoms with Crippen LogP contribution >= 0.6 is 27.3 Å². The molecule has 2 heterocycles. The number of aliphatic hydroxyl groups is 1. The van der Waals surface area contributed by atoms with Gasteiger partial charge in [-0.15, -0.1) is 11.3 Å². The number of benzene rings is 2. The molecule has 32 heavy (non-hydrogen) atoms. The molecule has 1 aromatic heterocycles. The fourth-order valence-electron chi connectivity index (χ4n) is 3.59. The number of hydrogen-bond donors (Lipinski definition) is 1. The van der Waals surface area contributed by atoms with Crippen LogP contribution in [0.3, 0.4) is 0 Å². The molecule has 1 saturated heterocycles. The summed E-state index contributed by atoms with van der Waals surface area (Å²) in [5.74, 6) is -0.655. The fourth-order valence-corrected chi connectivity index (χ4v) is 4.80. The molecule has 1 unspecified atom stereocenters. The van der Waals surface area contributed by atoms with Crippen LogP contribution in [0.5, 0.6) is 5.75 Å². The summed E-state index contributed by atoms with van der Waals surface area (Å²) in [6.07, 6.45) is 0. The lowest BCUT2D eigenvalue weighted by molar-refractivity contribution is -0.132. The SMILES string of the molecule is CC(C)COc1cccc(/C(O)=C2/C(=O)C(=O)N(c3cccc(Br)c3)C2c2cccs2)c1. The molecule has 164 valence electrons. The molecule has 2 aromatic carbocycles. The first-order valence-corrected chi connectivity index (χ1v) is 11.9. The summed E-state index contributed by atoms with van der Waals surface area (Å²) < 4.78 is 6.56. The van der Waals surface area contributed by atoms with Gasteiger partial charge in [-0.1, -0.05) is 54.0 Å². The average molecular weight is 512 g/mol. The standard InChI is InChI=1S/C25H22BrNO4S/c1-15(2)14-31-19-9-3-6-16(12-19)23(28)21-22(20-10-5-11-32-20)27(25(30)24(21)29)18-8-4-7-17(26)13-18/h3-13,15,22,28H,14H2,1-2H3/b23-21-. The van der Waals surface area contributed by atoms with Crippen LogP contribution in [0.1, 0.15) is 30.3 Å². The molecule has 0 radical (unpaired) electrons. The zero-order valence-corrected chi connectivity index (χ0v) is 20.0. The number of nitrogens with zero attached hydrogens (tertiary/aromatic N) is 1. The molecule has 0 saturated carbocycles. The van der Waals surface area contributed by atoms with Gasteiger partial charge in [-0.3, -0.25) is 14.5 Å². The maximum Gasteiger partial charge on any atom is 0.300 e. The number of Topliss-reactive ketones (excluding diaryl/α,β-unsaturated/α-hetero) is 1. The molecule has 1 N–H and O–H groups in total. The van der Waals surface area contributed by atoms with Crippen molar-refractivity contribution in [3.05, 3.63) is 86.5 Å². The Hall–Kier alpha value is -2.90. The van der Waals surface area contributed by atoms with Crippen LogP contribution in [0.25, 0.3) is 5.76 Å². The van der Waals surface area contributed by atoms with Crippen LogP contribution in [0.2, 0.25) is 0 Å². The first-order chi connectivity index (χ1) is 15.4. The summed E-state index contributed by atoms with van der Waals surface area (Å²) in [6, 6.07) is 17.2. The van der Waals surface area contributed by atoms with Crippen LogP contribution < -0.4 is 9.64 Å². The molecule has 0 spiro atoms. The minimum atomic E-state index is -0.718. The van der Waals surface area contributed by atoms with Gasteiger partial charge in [-0.05, 0) is 47.7 Å². The molecule has 1 atom stereocenters. The van der Waals surface area contributed by atoms with Gasteiger partial charge in [-0.25, -0.2) is 0 Å². The van der Waals surface area contributed by atoms with Gasteiger partial charge >= 0.3 is 0 Å². The van der Waals surface area contributed by atoms with Crippen molar-refractivity contribution in [2.75, 3.05) is 11.5 Å². The van der Waals surface area contributed by atoms with Gasteiger partial charge in [0.1, 0.15) is 17.6 Å². The second-order valence-electron chi connectivity index (χ2n) is 7.90. The molecular formula is C25H22BrNO4S. The van der Waals surface area contributed by atoms with E-state index in [2.05, 4.69) is 15.9 Å². The monoisotopic (exact) mass is 511 g/mol. The van der Waals surface area contributed by atoms with Crippen LogP contribution in [-0.4, -0.2) is 23.4 Å². The quantitative estimate of drug-likeness (QED) is 0.244. The van der Waals surface area contributed by atoms with E-state index >= 15 is 0 Å². The first kappa shape index (κ1) is 22.3. The van der Waals surface area contributed by atoms with Crippen molar-refractivity contribution in [3.63, 3.8) is 0 Å². The number of thiophene rings is 1. The molecule has 1 amide bonds. The second kappa shape index (κ2) is 9.30. The molecule has 0 bridgehead atoms. The lowest BCUT2D eigenvalue weighted by Crippen LogP contribution is -2.29. The Kier molecular flexibility index (Phi) is 6.48. The lowest BCUT2D eigenvalue weighted by atomic mass is 9.99. The summed E-state index contributed by atoms with van der Waals surface area (Å²) in [4.78, 5) is 28.5. The zero-order valence-electron chi connectivity index (χ0n) is 17.6. The summed E-state index contributed by atoms with van der Waals surface area (Å²) in [5.41, 5.74) is 1.08. The Morgan fingerprint density at radius 1 is 1.12 bits per heavy atom. The van der Waals surface area contributed by atoms with E-state index in [4.69, 9.17) is 4.74 Å². The van der Waals surface area contributed by atoms with E-state index in [9.17, 15) is 14.7 Å². The summed E-state index contributed by atoms with van der Waals surface area (Å²) in [5, 5.41) is 13.1. The van der Waals surface area contributed by atoms with Crippen molar-refractivity contribution < 1.29 is 19.4 Å². The van der Waals surface area contributed by atoms with Gasteiger partial charge in [-0.2, -0.15) is 0 Å². The molecular weight excluding hydrogens is 490 g/mol. The molecule has 4 rings (SSSR count). The number of ketones is 1. The molecule has 5 nitrogen and oxygen atoms in total. The second-order valence-corrected chi connectivity index (χ2v) is 9.79. The van der Waals surface area contributed by atoms with E-state index in [-0.39, 0.29) is 11.3 Å². The summed E-state index contributed by atoms with van der Waals surface area (Å²) >= 11 is 4.86. The highest BCUT2D eigenvalue weighted by molar-refractivity contribution is 9.10. The van der Waals surface area contributed by atoms with Gasteiger partial charge in [0, 0.05) is 20.6 Å². The Morgan fingerprint density at radius 3 is 2.59 bits per heavy atom. The van der Waals surface area contributed by atoms with Gasteiger partial charge in [0.15, 0.2) is 0 Å². The molecule has 1 fully saturated rings. The van der Waals surface area contributed by atoms with Crippen LogP contribution in [0, 0.1) is 5.92 Å². The van der Waals surface area contributed by atoms with Gasteiger partial charge in [0.25, 0.3) is 11.7 Å². The number of anilines is 1. The molecule has 1 aliphatic rings. The number of hydrogen-bond acceptors (Lipinski definition) is 5. The van der Waals surface area contributed by atoms with Crippen molar-refractivity contribution in [1.82, 2.24) is 0 Å². The highest BCUT2D eigenvalue weighted by atomic mass is 79.9. The maximum atomic E-state index is 13.1. The molecule has 0 aliphatic carbocycles. The van der Waals surface area contributed by atoms with Crippen molar-refractivity contribution >= 4 is 50.4 Å². The minimum absolute atomic E-state index is 0.0680. The number of rotatable bonds is 6. The number of carbonyl (C=O) groups is 2. The highest BCUT2D eigenvalue weighted by Gasteiger charge is 2.47. The lowest BCUT2D eigenvalue weighted by Gasteiger charge is -2.24. The maximum absolute atomic E-state index is 13.1. The Bertz CT molecular complexity index is 1190. The smallest absolute Gasteiger partial charge is 0.300 e. The van der Waals surface area contributed by atoms with E-state index in [1.807, 2.05) is 37.4 Å².